The summed E-state index contributed by atoms with van der Waals surface area (Å²) >= 11 is 0. The van der Waals surface area contributed by atoms with Crippen molar-refractivity contribution in [1.82, 2.24) is 4.98 Å². The van der Waals surface area contributed by atoms with Gasteiger partial charge in [0.05, 0.1) is 17.1 Å². The van der Waals surface area contributed by atoms with E-state index in [9.17, 15) is 4.79 Å². The number of rotatable bonds is 8. The largest absolute Gasteiger partial charge is 0.481 e. The van der Waals surface area contributed by atoms with Crippen molar-refractivity contribution in [2.45, 2.75) is 39.5 Å². The molecule has 2 rings (SSSR count). The van der Waals surface area contributed by atoms with Crippen LogP contribution in [-0.4, -0.2) is 21.8 Å². The Labute approximate surface area is 142 Å². The van der Waals surface area contributed by atoms with Crippen molar-refractivity contribution in [2.75, 3.05) is 5.43 Å². The number of carboxylic acids is 1. The van der Waals surface area contributed by atoms with Crippen LogP contribution in [0, 0.1) is 13.8 Å². The summed E-state index contributed by atoms with van der Waals surface area (Å²) in [4.78, 5) is 15.0. The summed E-state index contributed by atoms with van der Waals surface area (Å²) in [5.74, 6) is -0.764. The number of carbonyl (C=O) groups is 1. The first-order valence-corrected chi connectivity index (χ1v) is 8.08. The number of aromatic nitrogens is 1. The number of pyridine rings is 1. The highest BCUT2D eigenvalue weighted by Crippen LogP contribution is 2.15. The second-order valence-corrected chi connectivity index (χ2v) is 5.86. The molecule has 0 atom stereocenters. The molecule has 0 radical (unpaired) electrons. The van der Waals surface area contributed by atoms with Gasteiger partial charge in [-0.05, 0) is 68.5 Å². The molecule has 1 aromatic heterocycles. The molecule has 0 aliphatic carbocycles. The van der Waals surface area contributed by atoms with Gasteiger partial charge >= 0.3 is 5.97 Å². The van der Waals surface area contributed by atoms with Crippen LogP contribution in [-0.2, 0) is 4.79 Å². The maximum atomic E-state index is 10.6. The third-order valence-corrected chi connectivity index (χ3v) is 3.56. The van der Waals surface area contributed by atoms with E-state index in [0.717, 1.165) is 23.5 Å². The zero-order valence-corrected chi connectivity index (χ0v) is 14.1. The van der Waals surface area contributed by atoms with Crippen molar-refractivity contribution in [3.8, 4) is 0 Å². The summed E-state index contributed by atoms with van der Waals surface area (Å²) in [7, 11) is 0. The van der Waals surface area contributed by atoms with Crippen LogP contribution in [0.15, 0.2) is 47.7 Å². The average Bonchev–Trinajstić information content (AvgIpc) is 2.54. The molecule has 5 nitrogen and oxygen atoms in total. The van der Waals surface area contributed by atoms with Crippen molar-refractivity contribution in [3.63, 3.8) is 0 Å². The molecule has 2 N–H and O–H groups in total. The number of unbranched alkanes of at least 4 members (excludes halogenated alkanes) is 1. The summed E-state index contributed by atoms with van der Waals surface area (Å²) in [6.07, 6.45) is 3.99. The normalized spacial score (nSPS) is 11.3. The molecule has 1 heterocycles. The van der Waals surface area contributed by atoms with Crippen LogP contribution in [0.25, 0.3) is 0 Å². The van der Waals surface area contributed by atoms with Crippen LogP contribution >= 0.6 is 0 Å². The molecule has 0 amide bonds. The molecular weight excluding hydrogens is 302 g/mol. The molecular formula is C19H23N3O2. The molecule has 5 heteroatoms. The SMILES string of the molecule is Cc1cc(C)cc(NN=C(CCCCC(=O)O)c2ccccn2)c1. The third-order valence-electron chi connectivity index (χ3n) is 3.56. The number of aryl methyl sites for hydroxylation is 2. The Hall–Kier alpha value is -2.69. The molecule has 2 aromatic rings. The number of hydrogen-bond donors (Lipinski definition) is 2. The lowest BCUT2D eigenvalue weighted by molar-refractivity contribution is -0.137. The highest BCUT2D eigenvalue weighted by Gasteiger charge is 2.06. The lowest BCUT2D eigenvalue weighted by atomic mass is 10.1. The maximum Gasteiger partial charge on any atom is 0.303 e. The van der Waals surface area contributed by atoms with Gasteiger partial charge in [-0.1, -0.05) is 12.1 Å². The molecule has 1 aromatic carbocycles. The van der Waals surface area contributed by atoms with E-state index < -0.39 is 5.97 Å². The van der Waals surface area contributed by atoms with E-state index in [1.54, 1.807) is 6.20 Å². The van der Waals surface area contributed by atoms with Crippen LogP contribution in [0.2, 0.25) is 0 Å². The molecule has 0 bridgehead atoms. The van der Waals surface area contributed by atoms with Crippen molar-refractivity contribution in [2.24, 2.45) is 5.10 Å². The average molecular weight is 325 g/mol. The Morgan fingerprint density at radius 1 is 1.12 bits per heavy atom. The van der Waals surface area contributed by atoms with Crippen molar-refractivity contribution in [1.29, 1.82) is 0 Å². The number of nitrogens with one attached hydrogen (secondary N) is 1. The zero-order valence-electron chi connectivity index (χ0n) is 14.1. The van der Waals surface area contributed by atoms with E-state index in [-0.39, 0.29) is 6.42 Å². The van der Waals surface area contributed by atoms with Crippen LogP contribution in [0.5, 0.6) is 0 Å². The lowest BCUT2D eigenvalue weighted by Crippen LogP contribution is -2.07. The summed E-state index contributed by atoms with van der Waals surface area (Å²) < 4.78 is 0. The summed E-state index contributed by atoms with van der Waals surface area (Å²) in [6.45, 7) is 4.10. The number of benzene rings is 1. The third kappa shape index (κ3) is 5.83. The quantitative estimate of drug-likeness (QED) is 0.434. The lowest BCUT2D eigenvalue weighted by Gasteiger charge is -2.08. The van der Waals surface area contributed by atoms with Gasteiger partial charge in [0.15, 0.2) is 0 Å². The molecule has 126 valence electrons. The van der Waals surface area contributed by atoms with E-state index in [4.69, 9.17) is 5.11 Å². The van der Waals surface area contributed by atoms with Gasteiger partial charge in [-0.3, -0.25) is 15.2 Å². The Bertz CT molecular complexity index is 692. The van der Waals surface area contributed by atoms with Crippen molar-refractivity contribution in [3.05, 3.63) is 59.4 Å². The zero-order chi connectivity index (χ0) is 17.4. The number of nitrogens with zero attached hydrogens (tertiary/aromatic N) is 2. The number of aliphatic carboxylic acids is 1. The molecule has 0 aliphatic rings. The second kappa shape index (κ2) is 8.82. The fourth-order valence-electron chi connectivity index (χ4n) is 2.51. The number of carboxylic acid groups (broad SMARTS) is 1. The first-order chi connectivity index (χ1) is 11.5. The molecule has 0 aliphatic heterocycles. The van der Waals surface area contributed by atoms with Gasteiger partial charge < -0.3 is 5.11 Å². The van der Waals surface area contributed by atoms with Crippen molar-refractivity contribution >= 4 is 17.4 Å². The predicted octanol–water partition coefficient (Wildman–Crippen LogP) is 4.16. The number of hydrazone groups is 1. The minimum atomic E-state index is -0.764. The first kappa shape index (κ1) is 17.7. The standard InChI is InChI=1S/C19H23N3O2/c1-14-11-15(2)13-16(12-14)21-22-18(8-3-4-9-19(23)24)17-7-5-6-10-20-17/h5-7,10-13,21H,3-4,8-9H2,1-2H3,(H,23,24). The Kier molecular flexibility index (Phi) is 6.49. The van der Waals surface area contributed by atoms with E-state index in [1.807, 2.05) is 44.2 Å². The van der Waals surface area contributed by atoms with Crippen molar-refractivity contribution < 1.29 is 9.90 Å². The monoisotopic (exact) mass is 325 g/mol. The number of hydrogen-bond acceptors (Lipinski definition) is 4. The fourth-order valence-corrected chi connectivity index (χ4v) is 2.51. The molecule has 0 unspecified atom stereocenters. The minimum Gasteiger partial charge on any atom is -0.481 e. The van der Waals surface area contributed by atoms with Gasteiger partial charge in [0, 0.05) is 12.6 Å². The Morgan fingerprint density at radius 3 is 2.46 bits per heavy atom. The first-order valence-electron chi connectivity index (χ1n) is 8.08. The Balaban J connectivity index is 2.10. The second-order valence-electron chi connectivity index (χ2n) is 5.86. The van der Waals surface area contributed by atoms with E-state index in [2.05, 4.69) is 21.6 Å². The van der Waals surface area contributed by atoms with Gasteiger partial charge in [0.25, 0.3) is 0 Å². The topological polar surface area (TPSA) is 74.6 Å². The van der Waals surface area contributed by atoms with Crippen LogP contribution < -0.4 is 5.43 Å². The van der Waals surface area contributed by atoms with E-state index in [0.29, 0.717) is 12.8 Å². The van der Waals surface area contributed by atoms with Crippen LogP contribution in [0.4, 0.5) is 5.69 Å². The van der Waals surface area contributed by atoms with E-state index in [1.165, 1.54) is 11.1 Å². The molecule has 24 heavy (non-hydrogen) atoms. The van der Waals surface area contributed by atoms with Gasteiger partial charge in [0.1, 0.15) is 0 Å². The fraction of sp³-hybridized carbons (Fsp3) is 0.316. The predicted molar refractivity (Wildman–Crippen MR) is 96.4 cm³/mol. The summed E-state index contributed by atoms with van der Waals surface area (Å²) in [6, 6.07) is 11.9. The van der Waals surface area contributed by atoms with Crippen LogP contribution in [0.3, 0.4) is 0 Å². The number of anilines is 1. The minimum absolute atomic E-state index is 0.181. The Morgan fingerprint density at radius 2 is 1.83 bits per heavy atom. The maximum absolute atomic E-state index is 10.6. The molecule has 0 saturated carbocycles. The molecule has 0 saturated heterocycles. The van der Waals surface area contributed by atoms with Gasteiger partial charge in [-0.2, -0.15) is 5.10 Å². The summed E-state index contributed by atoms with van der Waals surface area (Å²) in [5, 5.41) is 13.3. The van der Waals surface area contributed by atoms with Gasteiger partial charge in [-0.25, -0.2) is 0 Å². The highest BCUT2D eigenvalue weighted by molar-refractivity contribution is 5.99. The van der Waals surface area contributed by atoms with E-state index >= 15 is 0 Å². The molecule has 0 spiro atoms. The van der Waals surface area contributed by atoms with Crippen LogP contribution in [0.1, 0.15) is 42.5 Å². The summed E-state index contributed by atoms with van der Waals surface area (Å²) in [5.41, 5.74) is 8.04. The molecule has 0 fully saturated rings. The highest BCUT2D eigenvalue weighted by atomic mass is 16.4. The smallest absolute Gasteiger partial charge is 0.303 e. The van der Waals surface area contributed by atoms with Gasteiger partial charge in [0.2, 0.25) is 0 Å². The van der Waals surface area contributed by atoms with Gasteiger partial charge in [-0.15, -0.1) is 0 Å².